The van der Waals surface area contributed by atoms with E-state index < -0.39 is 17.5 Å². The van der Waals surface area contributed by atoms with E-state index in [4.69, 9.17) is 9.47 Å². The topological polar surface area (TPSA) is 81.2 Å². The number of rotatable bonds is 6. The van der Waals surface area contributed by atoms with E-state index in [0.29, 0.717) is 17.2 Å². The molecule has 7 nitrogen and oxygen atoms in total. The predicted molar refractivity (Wildman–Crippen MR) is 92.3 cm³/mol. The molecule has 0 unspecified atom stereocenters. The number of nitrogens with one attached hydrogen (secondary N) is 2. The van der Waals surface area contributed by atoms with Crippen LogP contribution in [0.3, 0.4) is 0 Å². The monoisotopic (exact) mass is 377 g/mol. The normalized spacial score (nSPS) is 10.4. The van der Waals surface area contributed by atoms with Crippen LogP contribution in [-0.4, -0.2) is 29.4 Å². The first kappa shape index (κ1) is 18.2. The van der Waals surface area contributed by atoms with Crippen LogP contribution in [-0.2, 0) is 0 Å². The van der Waals surface area contributed by atoms with Crippen molar-refractivity contribution in [3.8, 4) is 11.5 Å². The zero-order valence-electron chi connectivity index (χ0n) is 14.3. The molecule has 0 radical (unpaired) electrons. The van der Waals surface area contributed by atoms with Crippen LogP contribution in [0.5, 0.6) is 11.5 Å². The predicted octanol–water partition coefficient (Wildman–Crippen LogP) is 3.79. The van der Waals surface area contributed by atoms with Crippen molar-refractivity contribution >= 4 is 23.1 Å². The van der Waals surface area contributed by atoms with Gasteiger partial charge in [0.15, 0.2) is 34.8 Å². The van der Waals surface area contributed by atoms with Gasteiger partial charge in [0.05, 0.1) is 26.1 Å². The minimum atomic E-state index is -1.59. The molecule has 2 N–H and O–H groups in total. The SMILES string of the molecule is COc1ccc(Nc2cnnc(Nc3ccc(F)c(F)c3F)n2)cc1OC. The second-order valence-electron chi connectivity index (χ2n) is 5.21. The Labute approximate surface area is 152 Å². The summed E-state index contributed by atoms with van der Waals surface area (Å²) in [6, 6.07) is 6.94. The van der Waals surface area contributed by atoms with Crippen LogP contribution in [0.1, 0.15) is 0 Å². The van der Waals surface area contributed by atoms with Gasteiger partial charge in [0.1, 0.15) is 0 Å². The van der Waals surface area contributed by atoms with Crippen molar-refractivity contribution in [1.82, 2.24) is 15.2 Å². The Morgan fingerprint density at radius 2 is 1.67 bits per heavy atom. The van der Waals surface area contributed by atoms with Gasteiger partial charge in [-0.3, -0.25) is 0 Å². The lowest BCUT2D eigenvalue weighted by atomic mass is 10.2. The Kier molecular flexibility index (Phi) is 5.25. The maximum atomic E-state index is 13.8. The summed E-state index contributed by atoms with van der Waals surface area (Å²) in [7, 11) is 3.03. The first-order chi connectivity index (χ1) is 13.0. The Morgan fingerprint density at radius 1 is 0.889 bits per heavy atom. The molecule has 0 aliphatic heterocycles. The quantitative estimate of drug-likeness (QED) is 0.633. The first-order valence-corrected chi connectivity index (χ1v) is 7.61. The lowest BCUT2D eigenvalue weighted by Crippen LogP contribution is -2.05. The molecular weight excluding hydrogens is 363 g/mol. The maximum Gasteiger partial charge on any atom is 0.249 e. The molecule has 0 bridgehead atoms. The molecule has 0 fully saturated rings. The Bertz CT molecular complexity index is 971. The van der Waals surface area contributed by atoms with Crippen LogP contribution in [0.25, 0.3) is 0 Å². The Morgan fingerprint density at radius 3 is 2.41 bits per heavy atom. The summed E-state index contributed by atoms with van der Waals surface area (Å²) in [4.78, 5) is 4.10. The fourth-order valence-corrected chi connectivity index (χ4v) is 2.22. The molecule has 0 aliphatic carbocycles. The number of ether oxygens (including phenoxy) is 2. The van der Waals surface area contributed by atoms with Crippen LogP contribution < -0.4 is 20.1 Å². The van der Waals surface area contributed by atoms with Gasteiger partial charge >= 0.3 is 0 Å². The number of nitrogens with zero attached hydrogens (tertiary/aromatic N) is 3. The van der Waals surface area contributed by atoms with Gasteiger partial charge in [0.25, 0.3) is 0 Å². The van der Waals surface area contributed by atoms with Crippen LogP contribution >= 0.6 is 0 Å². The van der Waals surface area contributed by atoms with Crippen molar-refractivity contribution in [2.24, 2.45) is 0 Å². The number of hydrogen-bond donors (Lipinski definition) is 2. The van der Waals surface area contributed by atoms with E-state index in [2.05, 4.69) is 25.8 Å². The molecule has 0 saturated heterocycles. The zero-order chi connectivity index (χ0) is 19.4. The maximum absolute atomic E-state index is 13.8. The van der Waals surface area contributed by atoms with Crippen molar-refractivity contribution in [2.75, 3.05) is 24.9 Å². The van der Waals surface area contributed by atoms with E-state index in [9.17, 15) is 13.2 Å². The van der Waals surface area contributed by atoms with Crippen LogP contribution in [0.2, 0.25) is 0 Å². The van der Waals surface area contributed by atoms with Crippen molar-refractivity contribution in [2.45, 2.75) is 0 Å². The molecule has 0 atom stereocenters. The lowest BCUT2D eigenvalue weighted by molar-refractivity contribution is 0.355. The number of hydrogen-bond acceptors (Lipinski definition) is 7. The average Bonchev–Trinajstić information content (AvgIpc) is 2.68. The number of aromatic nitrogens is 3. The third-order valence-corrected chi connectivity index (χ3v) is 3.50. The summed E-state index contributed by atoms with van der Waals surface area (Å²) in [6.07, 6.45) is 1.34. The summed E-state index contributed by atoms with van der Waals surface area (Å²) in [6.45, 7) is 0. The number of methoxy groups -OCH3 is 2. The fraction of sp³-hybridized carbons (Fsp3) is 0.118. The summed E-state index contributed by atoms with van der Waals surface area (Å²) in [5, 5.41) is 12.9. The van der Waals surface area contributed by atoms with Gasteiger partial charge in [-0.15, -0.1) is 5.10 Å². The highest BCUT2D eigenvalue weighted by Gasteiger charge is 2.14. The fourth-order valence-electron chi connectivity index (χ4n) is 2.22. The van der Waals surface area contributed by atoms with Crippen molar-refractivity contribution in [1.29, 1.82) is 0 Å². The summed E-state index contributed by atoms with van der Waals surface area (Å²) in [5.74, 6) is -3.02. The first-order valence-electron chi connectivity index (χ1n) is 7.61. The van der Waals surface area contributed by atoms with Crippen LogP contribution in [0, 0.1) is 17.5 Å². The molecule has 0 amide bonds. The highest BCUT2D eigenvalue weighted by atomic mass is 19.2. The van der Waals surface area contributed by atoms with E-state index in [1.165, 1.54) is 20.4 Å². The largest absolute Gasteiger partial charge is 0.493 e. The molecule has 2 aromatic carbocycles. The summed E-state index contributed by atoms with van der Waals surface area (Å²) < 4.78 is 50.5. The third kappa shape index (κ3) is 4.00. The van der Waals surface area contributed by atoms with Crippen molar-refractivity contribution in [3.05, 3.63) is 54.0 Å². The minimum Gasteiger partial charge on any atom is -0.493 e. The van der Waals surface area contributed by atoms with E-state index in [-0.39, 0.29) is 17.5 Å². The number of halogens is 3. The van der Waals surface area contributed by atoms with Crippen molar-refractivity contribution < 1.29 is 22.6 Å². The second-order valence-corrected chi connectivity index (χ2v) is 5.21. The Balaban J connectivity index is 1.81. The second kappa shape index (κ2) is 7.77. The Hall–Kier alpha value is -3.56. The summed E-state index contributed by atoms with van der Waals surface area (Å²) >= 11 is 0. The molecule has 0 aliphatic rings. The molecule has 0 saturated carbocycles. The van der Waals surface area contributed by atoms with Gasteiger partial charge in [-0.05, 0) is 24.3 Å². The van der Waals surface area contributed by atoms with Gasteiger partial charge in [-0.1, -0.05) is 0 Å². The molecule has 0 spiro atoms. The van der Waals surface area contributed by atoms with Gasteiger partial charge in [-0.2, -0.15) is 10.1 Å². The van der Waals surface area contributed by atoms with Crippen molar-refractivity contribution in [3.63, 3.8) is 0 Å². The van der Waals surface area contributed by atoms with Gasteiger partial charge in [0.2, 0.25) is 5.95 Å². The van der Waals surface area contributed by atoms with Crippen LogP contribution in [0.15, 0.2) is 36.5 Å². The van der Waals surface area contributed by atoms with Crippen LogP contribution in [0.4, 0.5) is 36.3 Å². The van der Waals surface area contributed by atoms with Gasteiger partial charge < -0.3 is 20.1 Å². The molecule has 3 aromatic rings. The van der Waals surface area contributed by atoms with Gasteiger partial charge in [0, 0.05) is 11.8 Å². The standard InChI is InChI=1S/C17H14F3N5O2/c1-26-12-6-3-9(7-13(12)27-2)22-14-8-21-25-17(24-14)23-11-5-4-10(18)15(19)16(11)20/h3-8H,1-2H3,(H2,22,23,24,25). The average molecular weight is 377 g/mol. The van der Waals surface area contributed by atoms with E-state index >= 15 is 0 Å². The highest BCUT2D eigenvalue weighted by Crippen LogP contribution is 2.31. The van der Waals surface area contributed by atoms with E-state index in [1.807, 2.05) is 0 Å². The van der Waals surface area contributed by atoms with E-state index in [0.717, 1.165) is 12.1 Å². The minimum absolute atomic E-state index is 0.106. The molecule has 3 rings (SSSR count). The lowest BCUT2D eigenvalue weighted by Gasteiger charge is -2.11. The number of anilines is 4. The highest BCUT2D eigenvalue weighted by molar-refractivity contribution is 5.62. The van der Waals surface area contributed by atoms with E-state index in [1.54, 1.807) is 18.2 Å². The molecule has 1 aromatic heterocycles. The molecule has 10 heteroatoms. The molecular formula is C17H14F3N5O2. The third-order valence-electron chi connectivity index (χ3n) is 3.50. The zero-order valence-corrected chi connectivity index (χ0v) is 14.3. The molecule has 140 valence electrons. The molecule has 27 heavy (non-hydrogen) atoms. The smallest absolute Gasteiger partial charge is 0.249 e. The number of benzene rings is 2. The van der Waals surface area contributed by atoms with Gasteiger partial charge in [-0.25, -0.2) is 13.2 Å². The molecule has 1 heterocycles. The summed E-state index contributed by atoms with van der Waals surface area (Å²) in [5.41, 5.74) is 0.303.